The maximum atomic E-state index is 13.5. The lowest BCUT2D eigenvalue weighted by Gasteiger charge is -2.20. The first-order chi connectivity index (χ1) is 22.5. The molecule has 1 aliphatic heterocycles. The number of ether oxygens (including phenoxy) is 1. The van der Waals surface area contributed by atoms with Crippen molar-refractivity contribution in [2.45, 2.75) is 29.7 Å². The number of aromatic nitrogens is 2. The van der Waals surface area contributed by atoms with Gasteiger partial charge >= 0.3 is 5.91 Å². The third kappa shape index (κ3) is 5.94. The highest BCUT2D eigenvalue weighted by Gasteiger charge is 2.48. The van der Waals surface area contributed by atoms with Gasteiger partial charge in [-0.2, -0.15) is 0 Å². The molecule has 228 valence electrons. The number of hydrogen-bond acceptors (Lipinski definition) is 9. The van der Waals surface area contributed by atoms with Crippen LogP contribution in [0, 0.1) is 6.92 Å². The second kappa shape index (κ2) is 12.9. The molecule has 1 aliphatic rings. The number of benzene rings is 4. The Balaban J connectivity index is 1.14. The number of aliphatic hydroxyl groups is 1. The van der Waals surface area contributed by atoms with E-state index in [2.05, 4.69) is 40.5 Å². The van der Waals surface area contributed by atoms with Crippen LogP contribution in [0.2, 0.25) is 0 Å². The summed E-state index contributed by atoms with van der Waals surface area (Å²) in [7, 11) is 0. The minimum absolute atomic E-state index is 0.0148. The van der Waals surface area contributed by atoms with Gasteiger partial charge in [-0.25, -0.2) is 0 Å². The summed E-state index contributed by atoms with van der Waals surface area (Å²) in [5.41, 5.74) is 3.80. The van der Waals surface area contributed by atoms with E-state index in [9.17, 15) is 14.7 Å². The number of fused-ring (bicyclic) bond motifs is 1. The fourth-order valence-electron chi connectivity index (χ4n) is 5.50. The second-order valence-electron chi connectivity index (χ2n) is 10.8. The molecule has 1 saturated heterocycles. The van der Waals surface area contributed by atoms with E-state index in [1.807, 2.05) is 60.8 Å². The number of rotatable bonds is 9. The van der Waals surface area contributed by atoms with Crippen LogP contribution in [-0.2, 0) is 21.9 Å². The molecule has 4 aromatic carbocycles. The number of aryl methyl sites for hydroxylation is 1. The highest BCUT2D eigenvalue weighted by atomic mass is 32.2. The molecular weight excluding hydrogens is 635 g/mol. The van der Waals surface area contributed by atoms with Gasteiger partial charge in [-0.15, -0.1) is 21.5 Å². The largest absolute Gasteiger partial charge is 0.507 e. The third-order valence-electron chi connectivity index (χ3n) is 7.71. The molecular formula is C36H27N3O4S3. The van der Waals surface area contributed by atoms with Gasteiger partial charge in [-0.1, -0.05) is 101 Å². The van der Waals surface area contributed by atoms with Gasteiger partial charge in [0.15, 0.2) is 4.34 Å². The van der Waals surface area contributed by atoms with E-state index in [4.69, 9.17) is 4.74 Å². The number of nitrogens with zero attached hydrogens (tertiary/aromatic N) is 3. The average molecular weight is 662 g/mol. The molecule has 3 heterocycles. The van der Waals surface area contributed by atoms with Crippen LogP contribution in [0.3, 0.4) is 0 Å². The highest BCUT2D eigenvalue weighted by molar-refractivity contribution is 8.00. The molecule has 1 fully saturated rings. The summed E-state index contributed by atoms with van der Waals surface area (Å²) in [4.78, 5) is 29.2. The Kier molecular flexibility index (Phi) is 8.40. The number of ketones is 1. The van der Waals surface area contributed by atoms with E-state index in [-0.39, 0.29) is 11.3 Å². The van der Waals surface area contributed by atoms with Gasteiger partial charge in [0.2, 0.25) is 5.13 Å². The minimum atomic E-state index is -0.832. The maximum absolute atomic E-state index is 13.5. The monoisotopic (exact) mass is 661 g/mol. The van der Waals surface area contributed by atoms with Crippen molar-refractivity contribution < 1.29 is 19.4 Å². The lowest BCUT2D eigenvalue weighted by Crippen LogP contribution is -2.29. The Morgan fingerprint density at radius 3 is 2.54 bits per heavy atom. The SMILES string of the molecule is Cc1cccc(COc2ccc(C(O)=C3C(=O)C(=O)N(c4nnc(SCc5cccc6ccccc56)s4)[C@H]3c3cccs3)cc2)c1. The predicted octanol–water partition coefficient (Wildman–Crippen LogP) is 8.56. The van der Waals surface area contributed by atoms with Crippen LogP contribution in [0.25, 0.3) is 16.5 Å². The van der Waals surface area contributed by atoms with Crippen molar-refractivity contribution in [2.24, 2.45) is 0 Å². The van der Waals surface area contributed by atoms with Gasteiger partial charge in [0.1, 0.15) is 24.2 Å². The summed E-state index contributed by atoms with van der Waals surface area (Å²) in [6, 6.07) is 32.3. The van der Waals surface area contributed by atoms with Crippen LogP contribution in [0.5, 0.6) is 5.75 Å². The summed E-state index contributed by atoms with van der Waals surface area (Å²) >= 11 is 4.19. The van der Waals surface area contributed by atoms with Crippen LogP contribution in [-0.4, -0.2) is 27.0 Å². The smallest absolute Gasteiger partial charge is 0.301 e. The third-order valence-corrected chi connectivity index (χ3v) is 10.7. The normalized spacial score (nSPS) is 15.9. The first kappa shape index (κ1) is 29.9. The molecule has 0 radical (unpaired) electrons. The Labute approximate surface area is 277 Å². The molecule has 0 bridgehead atoms. The zero-order valence-electron chi connectivity index (χ0n) is 24.6. The summed E-state index contributed by atoms with van der Waals surface area (Å²) in [5, 5.41) is 24.7. The predicted molar refractivity (Wildman–Crippen MR) is 184 cm³/mol. The number of anilines is 1. The van der Waals surface area contributed by atoms with Crippen molar-refractivity contribution in [3.8, 4) is 5.75 Å². The summed E-state index contributed by atoms with van der Waals surface area (Å²) in [5.74, 6) is -0.473. The zero-order chi connectivity index (χ0) is 31.6. The number of aliphatic hydroxyl groups excluding tert-OH is 1. The fourth-order valence-corrected chi connectivity index (χ4v) is 8.19. The number of carbonyl (C=O) groups excluding carboxylic acids is 2. The molecule has 0 unspecified atom stereocenters. The Morgan fingerprint density at radius 2 is 1.74 bits per heavy atom. The molecule has 10 heteroatoms. The van der Waals surface area contributed by atoms with E-state index >= 15 is 0 Å². The molecule has 0 spiro atoms. The lowest BCUT2D eigenvalue weighted by molar-refractivity contribution is -0.132. The Morgan fingerprint density at radius 1 is 0.935 bits per heavy atom. The molecule has 6 aromatic rings. The zero-order valence-corrected chi connectivity index (χ0v) is 27.1. The quantitative estimate of drug-likeness (QED) is 0.0546. The number of carbonyl (C=O) groups is 2. The molecule has 2 aromatic heterocycles. The van der Waals surface area contributed by atoms with Crippen molar-refractivity contribution >= 4 is 67.8 Å². The van der Waals surface area contributed by atoms with Gasteiger partial charge in [0.05, 0.1) is 5.57 Å². The molecule has 1 amide bonds. The molecule has 46 heavy (non-hydrogen) atoms. The van der Waals surface area contributed by atoms with Crippen LogP contribution >= 0.6 is 34.4 Å². The molecule has 0 saturated carbocycles. The van der Waals surface area contributed by atoms with E-state index in [1.54, 1.807) is 24.3 Å². The van der Waals surface area contributed by atoms with Crippen molar-refractivity contribution in [3.05, 3.63) is 141 Å². The minimum Gasteiger partial charge on any atom is -0.507 e. The van der Waals surface area contributed by atoms with Crippen LogP contribution in [0.1, 0.15) is 33.2 Å². The van der Waals surface area contributed by atoms with Gasteiger partial charge in [-0.05, 0) is 64.5 Å². The van der Waals surface area contributed by atoms with Crippen molar-refractivity contribution in [3.63, 3.8) is 0 Å². The van der Waals surface area contributed by atoms with Gasteiger partial charge in [-0.3, -0.25) is 14.5 Å². The number of thiophene rings is 1. The molecule has 1 atom stereocenters. The number of thioether (sulfide) groups is 1. The lowest BCUT2D eigenvalue weighted by atomic mass is 10.00. The van der Waals surface area contributed by atoms with E-state index < -0.39 is 17.7 Å². The second-order valence-corrected chi connectivity index (χ2v) is 13.9. The molecule has 7 rings (SSSR count). The van der Waals surface area contributed by atoms with Gasteiger partial charge < -0.3 is 9.84 Å². The highest BCUT2D eigenvalue weighted by Crippen LogP contribution is 2.45. The standard InChI is InChI=1S/C36H27N3O4S3/c1-22-7-4-8-23(19-22)20-43-27-16-14-25(15-17-27)32(40)30-31(29-13-6-18-44-29)39(34(42)33(30)41)35-37-38-36(46-35)45-21-26-11-5-10-24-9-2-3-12-28(24)26/h2-19,31,40H,20-21H2,1H3/t31-/m0/s1. The topological polar surface area (TPSA) is 92.6 Å². The summed E-state index contributed by atoms with van der Waals surface area (Å²) in [6.07, 6.45) is 0. The first-order valence-electron chi connectivity index (χ1n) is 14.5. The van der Waals surface area contributed by atoms with Crippen molar-refractivity contribution in [1.29, 1.82) is 0 Å². The molecule has 1 N–H and O–H groups in total. The van der Waals surface area contributed by atoms with Crippen molar-refractivity contribution in [1.82, 2.24) is 10.2 Å². The first-order valence-corrected chi connectivity index (χ1v) is 17.2. The van der Waals surface area contributed by atoms with E-state index in [0.29, 0.717) is 33.1 Å². The number of amides is 1. The van der Waals surface area contributed by atoms with Crippen LogP contribution in [0.15, 0.2) is 118 Å². The molecule has 7 nitrogen and oxygen atoms in total. The average Bonchev–Trinajstić information content (AvgIpc) is 3.83. The van der Waals surface area contributed by atoms with Gasteiger partial charge in [0, 0.05) is 16.2 Å². The Hall–Kier alpha value is -4.77. The van der Waals surface area contributed by atoms with Gasteiger partial charge in [0.25, 0.3) is 5.78 Å². The molecule has 0 aliphatic carbocycles. The van der Waals surface area contributed by atoms with Crippen LogP contribution < -0.4 is 9.64 Å². The summed E-state index contributed by atoms with van der Waals surface area (Å²) in [6.45, 7) is 2.44. The van der Waals surface area contributed by atoms with E-state index in [1.165, 1.54) is 55.7 Å². The van der Waals surface area contributed by atoms with Crippen LogP contribution in [0.4, 0.5) is 5.13 Å². The number of hydrogen-bond donors (Lipinski definition) is 1. The van der Waals surface area contributed by atoms with Crippen molar-refractivity contribution in [2.75, 3.05) is 4.90 Å². The number of Topliss-reactive ketones (excluding diaryl/α,β-unsaturated/α-hetero) is 1. The van der Waals surface area contributed by atoms with E-state index in [0.717, 1.165) is 16.0 Å². The maximum Gasteiger partial charge on any atom is 0.301 e. The fraction of sp³-hybridized carbons (Fsp3) is 0.111. The summed E-state index contributed by atoms with van der Waals surface area (Å²) < 4.78 is 6.61. The Bertz CT molecular complexity index is 2080.